The monoisotopic (exact) mass is 513 g/mol. The summed E-state index contributed by atoms with van der Waals surface area (Å²) in [6.45, 7) is 6.23. The number of likely N-dealkylation sites (tertiary alicyclic amines) is 1. The van der Waals surface area contributed by atoms with Crippen LogP contribution < -0.4 is 15.4 Å². The molecule has 0 aromatic carbocycles. The van der Waals surface area contributed by atoms with Crippen molar-refractivity contribution >= 4 is 17.7 Å². The molecule has 3 atom stereocenters. The second-order valence-electron chi connectivity index (χ2n) is 10.8. The van der Waals surface area contributed by atoms with E-state index in [1.165, 1.54) is 19.5 Å². The molecule has 2 saturated heterocycles. The molecule has 1 aromatic rings. The zero-order valence-corrected chi connectivity index (χ0v) is 22.1. The Hall–Kier alpha value is -3.01. The third-order valence-corrected chi connectivity index (χ3v) is 7.79. The van der Waals surface area contributed by atoms with E-state index in [9.17, 15) is 14.4 Å². The van der Waals surface area contributed by atoms with Crippen molar-refractivity contribution in [3.8, 4) is 6.01 Å². The largest absolute Gasteiger partial charge is 0.467 e. The molecule has 2 fully saturated rings. The molecule has 0 radical (unpaired) electrons. The number of amides is 3. The molecule has 1 spiro atoms. The molecule has 0 bridgehead atoms. The van der Waals surface area contributed by atoms with Crippen LogP contribution in [0.1, 0.15) is 62.7 Å². The Morgan fingerprint density at radius 3 is 2.59 bits per heavy atom. The summed E-state index contributed by atoms with van der Waals surface area (Å²) in [5, 5.41) is 6.32. The lowest BCUT2D eigenvalue weighted by atomic mass is 9.74. The number of piperidine rings is 1. The van der Waals surface area contributed by atoms with E-state index in [4.69, 9.17) is 9.47 Å². The number of rotatable bonds is 4. The van der Waals surface area contributed by atoms with E-state index in [0.29, 0.717) is 57.6 Å². The second-order valence-corrected chi connectivity index (χ2v) is 10.8. The van der Waals surface area contributed by atoms with Gasteiger partial charge in [-0.25, -0.2) is 9.97 Å². The molecule has 3 aliphatic heterocycles. The number of aromatic nitrogens is 2. The highest BCUT2D eigenvalue weighted by atomic mass is 16.5. The topological polar surface area (TPSA) is 123 Å². The minimum atomic E-state index is -0.680. The first-order valence-electron chi connectivity index (χ1n) is 13.3. The molecule has 4 heterocycles. The number of ether oxygens (including phenoxy) is 2. The molecule has 0 saturated carbocycles. The van der Waals surface area contributed by atoms with Crippen molar-refractivity contribution < 1.29 is 23.9 Å². The second kappa shape index (κ2) is 12.0. The lowest BCUT2D eigenvalue weighted by Crippen LogP contribution is -2.57. The fourth-order valence-corrected chi connectivity index (χ4v) is 5.47. The quantitative estimate of drug-likeness (QED) is 0.591. The van der Waals surface area contributed by atoms with Gasteiger partial charge in [0.1, 0.15) is 6.04 Å². The highest BCUT2D eigenvalue weighted by molar-refractivity contribution is 5.94. The molecule has 2 N–H and O–H groups in total. The zero-order chi connectivity index (χ0) is 26.4. The summed E-state index contributed by atoms with van der Waals surface area (Å²) in [6.07, 6.45) is 10.9. The van der Waals surface area contributed by atoms with Crippen LogP contribution in [0.2, 0.25) is 0 Å². The molecular formula is C27H39N5O5. The van der Waals surface area contributed by atoms with E-state index in [1.807, 2.05) is 0 Å². The van der Waals surface area contributed by atoms with Gasteiger partial charge in [0.2, 0.25) is 11.8 Å². The molecule has 0 unspecified atom stereocenters. The van der Waals surface area contributed by atoms with Gasteiger partial charge in [-0.05, 0) is 44.4 Å². The summed E-state index contributed by atoms with van der Waals surface area (Å²) in [7, 11) is 1.47. The molecule has 10 nitrogen and oxygen atoms in total. The van der Waals surface area contributed by atoms with Crippen LogP contribution in [0.15, 0.2) is 24.5 Å². The Morgan fingerprint density at radius 2 is 1.92 bits per heavy atom. The summed E-state index contributed by atoms with van der Waals surface area (Å²) in [6, 6.07) is -0.341. The van der Waals surface area contributed by atoms with E-state index in [0.717, 1.165) is 12.8 Å². The normalized spacial score (nSPS) is 26.5. The fourth-order valence-electron chi connectivity index (χ4n) is 5.47. The van der Waals surface area contributed by atoms with Gasteiger partial charge in [-0.1, -0.05) is 26.0 Å². The Bertz CT molecular complexity index is 987. The first-order valence-corrected chi connectivity index (χ1v) is 13.3. The first kappa shape index (κ1) is 27.0. The lowest BCUT2D eigenvalue weighted by Gasteiger charge is -2.41. The van der Waals surface area contributed by atoms with Crippen molar-refractivity contribution in [2.24, 2.45) is 17.3 Å². The SMILES string of the molecule is COc1ncc(C(=O)N2CCC3(CC=CC[C@H]4COCC[C@H]4NC(=O)[C@H](CC(C)C)NC3=O)CC2)cn1. The average molecular weight is 514 g/mol. The molecule has 0 aliphatic carbocycles. The van der Waals surface area contributed by atoms with Crippen molar-refractivity contribution in [3.63, 3.8) is 0 Å². The molecule has 37 heavy (non-hydrogen) atoms. The predicted molar refractivity (Wildman–Crippen MR) is 137 cm³/mol. The van der Waals surface area contributed by atoms with Crippen LogP contribution in [0.4, 0.5) is 0 Å². The zero-order valence-electron chi connectivity index (χ0n) is 22.1. The van der Waals surface area contributed by atoms with E-state index in [1.54, 1.807) is 4.90 Å². The van der Waals surface area contributed by atoms with Crippen LogP contribution in [0.5, 0.6) is 6.01 Å². The third-order valence-electron chi connectivity index (χ3n) is 7.79. The van der Waals surface area contributed by atoms with Crippen molar-refractivity contribution in [3.05, 3.63) is 30.1 Å². The lowest BCUT2D eigenvalue weighted by molar-refractivity contribution is -0.138. The Kier molecular flexibility index (Phi) is 8.79. The number of nitrogens with zero attached hydrogens (tertiary/aromatic N) is 3. The van der Waals surface area contributed by atoms with Crippen LogP contribution in [0.3, 0.4) is 0 Å². The smallest absolute Gasteiger partial charge is 0.316 e. The van der Waals surface area contributed by atoms with Gasteiger partial charge in [0, 0.05) is 44.0 Å². The minimum Gasteiger partial charge on any atom is -0.467 e. The Morgan fingerprint density at radius 1 is 1.19 bits per heavy atom. The predicted octanol–water partition coefficient (Wildman–Crippen LogP) is 2.11. The summed E-state index contributed by atoms with van der Waals surface area (Å²) in [5.41, 5.74) is -0.293. The van der Waals surface area contributed by atoms with Crippen molar-refractivity contribution in [2.75, 3.05) is 33.4 Å². The molecular weight excluding hydrogens is 474 g/mol. The van der Waals surface area contributed by atoms with Gasteiger partial charge in [-0.15, -0.1) is 0 Å². The van der Waals surface area contributed by atoms with E-state index < -0.39 is 11.5 Å². The van der Waals surface area contributed by atoms with E-state index >= 15 is 0 Å². The van der Waals surface area contributed by atoms with Gasteiger partial charge in [-0.3, -0.25) is 14.4 Å². The number of hydrogen-bond donors (Lipinski definition) is 2. The standard InChI is InChI=1S/C27H39N5O5/c1-18(2)14-22-23(33)30-21-7-13-37-17-19(21)6-4-5-8-27(25(35)31-22)9-11-32(12-10-27)24(34)20-15-28-26(36-3)29-16-20/h4-5,15-16,18-19,21-22H,6-14,17H2,1-3H3,(H,30,33)(H,31,35)/t19-,21+,22-/m0/s1. The van der Waals surface area contributed by atoms with Gasteiger partial charge in [0.05, 0.1) is 24.7 Å². The first-order chi connectivity index (χ1) is 17.8. The summed E-state index contributed by atoms with van der Waals surface area (Å²) >= 11 is 0. The highest BCUT2D eigenvalue weighted by Crippen LogP contribution is 2.37. The maximum Gasteiger partial charge on any atom is 0.316 e. The van der Waals surface area contributed by atoms with Gasteiger partial charge in [-0.2, -0.15) is 0 Å². The Balaban J connectivity index is 1.51. The number of allylic oxidation sites excluding steroid dienone is 2. The maximum absolute atomic E-state index is 13.8. The number of hydrogen-bond acceptors (Lipinski definition) is 7. The van der Waals surface area contributed by atoms with E-state index in [2.05, 4.69) is 46.6 Å². The third kappa shape index (κ3) is 6.47. The van der Waals surface area contributed by atoms with Gasteiger partial charge < -0.3 is 25.0 Å². The van der Waals surface area contributed by atoms with Crippen LogP contribution in [0, 0.1) is 17.3 Å². The van der Waals surface area contributed by atoms with Crippen LogP contribution in [0.25, 0.3) is 0 Å². The maximum atomic E-state index is 13.8. The van der Waals surface area contributed by atoms with E-state index in [-0.39, 0.29) is 41.6 Å². The van der Waals surface area contributed by atoms with Crippen molar-refractivity contribution in [1.82, 2.24) is 25.5 Å². The van der Waals surface area contributed by atoms with Crippen molar-refractivity contribution in [2.45, 2.75) is 64.5 Å². The summed E-state index contributed by atoms with van der Waals surface area (Å²) in [4.78, 5) is 49.9. The minimum absolute atomic E-state index is 0.0436. The van der Waals surface area contributed by atoms with Crippen molar-refractivity contribution in [1.29, 1.82) is 0 Å². The summed E-state index contributed by atoms with van der Waals surface area (Å²) in [5.74, 6) is 0.0668. The molecule has 1 aromatic heterocycles. The Labute approximate surface area is 218 Å². The highest BCUT2D eigenvalue weighted by Gasteiger charge is 2.43. The van der Waals surface area contributed by atoms with Gasteiger partial charge >= 0.3 is 6.01 Å². The van der Waals surface area contributed by atoms with Gasteiger partial charge in [0.15, 0.2) is 0 Å². The molecule has 4 rings (SSSR count). The van der Waals surface area contributed by atoms with Crippen LogP contribution in [-0.4, -0.2) is 78.1 Å². The van der Waals surface area contributed by atoms with Crippen LogP contribution in [-0.2, 0) is 14.3 Å². The number of nitrogens with one attached hydrogen (secondary N) is 2. The molecule has 202 valence electrons. The molecule has 10 heteroatoms. The average Bonchev–Trinajstić information content (AvgIpc) is 2.90. The number of carbonyl (C=O) groups excluding carboxylic acids is 3. The molecule has 3 aliphatic rings. The number of methoxy groups -OCH3 is 1. The van der Waals surface area contributed by atoms with Gasteiger partial charge in [0.25, 0.3) is 5.91 Å². The van der Waals surface area contributed by atoms with Crippen LogP contribution >= 0.6 is 0 Å². The number of carbonyl (C=O) groups is 3. The molecule has 3 amide bonds. The fraction of sp³-hybridized carbons (Fsp3) is 0.667. The summed E-state index contributed by atoms with van der Waals surface area (Å²) < 4.78 is 10.7. The number of fused-ring (bicyclic) bond motifs is 1.